The fourth-order valence-corrected chi connectivity index (χ4v) is 6.53. The summed E-state index contributed by atoms with van der Waals surface area (Å²) in [6, 6.07) is 3.77. The molecule has 0 N–H and O–H groups in total. The van der Waals surface area contributed by atoms with Gasteiger partial charge in [-0.05, 0) is 66.4 Å². The minimum atomic E-state index is -0.871. The summed E-state index contributed by atoms with van der Waals surface area (Å²) < 4.78 is 38.2. The number of alkyl halides is 1. The second-order valence-corrected chi connectivity index (χ2v) is 11.9. The second-order valence-electron chi connectivity index (χ2n) is 11.1. The molecule has 1 aromatic carbocycles. The van der Waals surface area contributed by atoms with Crippen LogP contribution in [0, 0.1) is 12.7 Å². The molecule has 2 fully saturated rings. The summed E-state index contributed by atoms with van der Waals surface area (Å²) >= 11 is 3.36. The molecule has 6 rings (SSSR count). The first-order valence-electron chi connectivity index (χ1n) is 13.4. The van der Waals surface area contributed by atoms with E-state index in [1.54, 1.807) is 14.1 Å². The molecule has 0 saturated carbocycles. The molecule has 3 aliphatic rings. The molecule has 3 aromatic rings. The molecule has 39 heavy (non-hydrogen) atoms. The van der Waals surface area contributed by atoms with E-state index in [0.717, 1.165) is 37.1 Å². The van der Waals surface area contributed by atoms with E-state index in [9.17, 15) is 9.18 Å². The van der Waals surface area contributed by atoms with Gasteiger partial charge in [-0.25, -0.2) is 8.78 Å². The standard InChI is InChI=1S/C27H32BrF2N7O2/c1-16-10-19-23(22(30)21(16)28)31-26(39-15-27-6-4-8-36(27)13-17(29)12-27)32-24(19)35-7-5-9-37-18(14-35)11-20(33-37)25(38)34(2)3/h10-11,17H,4-9,12-15H2,1-3H3/t17-,27+/m1/s1. The van der Waals surface area contributed by atoms with Crippen molar-refractivity contribution in [2.45, 2.75) is 57.4 Å². The summed E-state index contributed by atoms with van der Waals surface area (Å²) in [5.41, 5.74) is 1.81. The van der Waals surface area contributed by atoms with E-state index >= 15 is 4.39 Å². The van der Waals surface area contributed by atoms with Gasteiger partial charge < -0.3 is 14.5 Å². The van der Waals surface area contributed by atoms with Gasteiger partial charge in [-0.15, -0.1) is 0 Å². The van der Waals surface area contributed by atoms with Gasteiger partial charge in [0.15, 0.2) is 11.5 Å². The zero-order chi connectivity index (χ0) is 27.5. The number of nitrogens with zero attached hydrogens (tertiary/aromatic N) is 7. The lowest BCUT2D eigenvalue weighted by Gasteiger charge is -2.31. The number of carbonyl (C=O) groups is 1. The third-order valence-electron chi connectivity index (χ3n) is 8.18. The molecular weight excluding hydrogens is 572 g/mol. The van der Waals surface area contributed by atoms with Gasteiger partial charge in [0, 0.05) is 45.5 Å². The van der Waals surface area contributed by atoms with E-state index in [-0.39, 0.29) is 29.6 Å². The van der Waals surface area contributed by atoms with Gasteiger partial charge in [0.2, 0.25) is 0 Å². The van der Waals surface area contributed by atoms with Gasteiger partial charge in [-0.3, -0.25) is 14.4 Å². The average molecular weight is 605 g/mol. The zero-order valence-electron chi connectivity index (χ0n) is 22.4. The van der Waals surface area contributed by atoms with Crippen molar-refractivity contribution >= 4 is 38.6 Å². The van der Waals surface area contributed by atoms with Crippen molar-refractivity contribution in [2.75, 3.05) is 45.2 Å². The number of hydrogen-bond donors (Lipinski definition) is 0. The quantitative estimate of drug-likeness (QED) is 0.434. The molecule has 9 nitrogen and oxygen atoms in total. The Bertz CT molecular complexity index is 1450. The second kappa shape index (κ2) is 9.96. The summed E-state index contributed by atoms with van der Waals surface area (Å²) in [7, 11) is 3.40. The Morgan fingerprint density at radius 1 is 1.23 bits per heavy atom. The maximum absolute atomic E-state index is 15.6. The van der Waals surface area contributed by atoms with Crippen molar-refractivity contribution in [3.05, 3.63) is 39.4 Å². The summed E-state index contributed by atoms with van der Waals surface area (Å²) in [6.07, 6.45) is 2.18. The van der Waals surface area contributed by atoms with Crippen LogP contribution >= 0.6 is 15.9 Å². The summed E-state index contributed by atoms with van der Waals surface area (Å²) in [5, 5.41) is 5.12. The van der Waals surface area contributed by atoms with Crippen LogP contribution in [0.15, 0.2) is 16.6 Å². The molecular formula is C27H32BrF2N7O2. The lowest BCUT2D eigenvalue weighted by Crippen LogP contribution is -2.43. The Balaban J connectivity index is 1.38. The predicted molar refractivity (Wildman–Crippen MR) is 146 cm³/mol. The van der Waals surface area contributed by atoms with Crippen molar-refractivity contribution in [1.29, 1.82) is 0 Å². The first-order chi connectivity index (χ1) is 18.6. The predicted octanol–water partition coefficient (Wildman–Crippen LogP) is 4.10. The molecule has 2 aromatic heterocycles. The number of rotatable bonds is 5. The molecule has 2 atom stereocenters. The number of aryl methyl sites for hydroxylation is 2. The zero-order valence-corrected chi connectivity index (χ0v) is 24.0. The Kier molecular flexibility index (Phi) is 6.73. The van der Waals surface area contributed by atoms with Gasteiger partial charge >= 0.3 is 6.01 Å². The fourth-order valence-electron chi connectivity index (χ4n) is 6.22. The number of fused-ring (bicyclic) bond motifs is 3. The van der Waals surface area contributed by atoms with E-state index in [1.807, 2.05) is 23.7 Å². The van der Waals surface area contributed by atoms with Crippen LogP contribution in [0.5, 0.6) is 6.01 Å². The van der Waals surface area contributed by atoms with Crippen molar-refractivity contribution in [3.8, 4) is 6.01 Å². The maximum atomic E-state index is 15.6. The molecule has 5 heterocycles. The van der Waals surface area contributed by atoms with Crippen LogP contribution in [-0.2, 0) is 13.1 Å². The van der Waals surface area contributed by atoms with Crippen molar-refractivity contribution < 1.29 is 18.3 Å². The molecule has 0 radical (unpaired) electrons. The number of benzene rings is 1. The van der Waals surface area contributed by atoms with Crippen LogP contribution < -0.4 is 9.64 Å². The van der Waals surface area contributed by atoms with Gasteiger partial charge in [-0.1, -0.05) is 0 Å². The monoisotopic (exact) mass is 603 g/mol. The molecule has 0 spiro atoms. The Morgan fingerprint density at radius 2 is 2.05 bits per heavy atom. The third kappa shape index (κ3) is 4.65. The minimum Gasteiger partial charge on any atom is -0.461 e. The summed E-state index contributed by atoms with van der Waals surface area (Å²) in [5.74, 6) is -0.0617. The molecule has 1 amide bonds. The number of halogens is 3. The summed E-state index contributed by atoms with van der Waals surface area (Å²) in [4.78, 5) is 27.6. The van der Waals surface area contributed by atoms with E-state index in [2.05, 4.69) is 35.8 Å². The summed E-state index contributed by atoms with van der Waals surface area (Å²) in [6.45, 7) is 5.12. The van der Waals surface area contributed by atoms with Crippen LogP contribution in [0.25, 0.3) is 10.9 Å². The SMILES string of the molecule is Cc1cc2c(N3CCCn4nc(C(=O)N(C)C)cc4C3)nc(OC[C@@]34CCCN3C[C@H](F)C4)nc2c(F)c1Br. The topological polar surface area (TPSA) is 79.6 Å². The highest BCUT2D eigenvalue weighted by Crippen LogP contribution is 2.41. The van der Waals surface area contributed by atoms with Crippen LogP contribution in [0.2, 0.25) is 0 Å². The van der Waals surface area contributed by atoms with E-state index in [0.29, 0.717) is 54.0 Å². The van der Waals surface area contributed by atoms with E-state index in [1.165, 1.54) is 4.90 Å². The highest BCUT2D eigenvalue weighted by molar-refractivity contribution is 9.10. The molecule has 208 valence electrons. The highest BCUT2D eigenvalue weighted by atomic mass is 79.9. The molecule has 0 aliphatic carbocycles. The average Bonchev–Trinajstić information content (AvgIpc) is 3.52. The number of amides is 1. The molecule has 12 heteroatoms. The van der Waals surface area contributed by atoms with Crippen LogP contribution in [0.3, 0.4) is 0 Å². The lowest BCUT2D eigenvalue weighted by atomic mass is 9.95. The van der Waals surface area contributed by atoms with Crippen LogP contribution in [-0.4, -0.2) is 87.5 Å². The minimum absolute atomic E-state index is 0.0805. The Labute approximate surface area is 234 Å². The van der Waals surface area contributed by atoms with Crippen LogP contribution in [0.4, 0.5) is 14.6 Å². The lowest BCUT2D eigenvalue weighted by molar-refractivity contribution is 0.0821. The van der Waals surface area contributed by atoms with Crippen LogP contribution in [0.1, 0.15) is 47.4 Å². The van der Waals surface area contributed by atoms with Gasteiger partial charge in [0.1, 0.15) is 24.1 Å². The number of anilines is 1. The molecule has 2 saturated heterocycles. The molecule has 0 unspecified atom stereocenters. The number of carbonyl (C=O) groups excluding carboxylic acids is 1. The first-order valence-corrected chi connectivity index (χ1v) is 14.2. The van der Waals surface area contributed by atoms with Crippen molar-refractivity contribution in [2.24, 2.45) is 0 Å². The normalized spacial score (nSPS) is 23.1. The first kappa shape index (κ1) is 26.4. The fraction of sp³-hybridized carbons (Fsp3) is 0.556. The Hall–Kier alpha value is -2.86. The maximum Gasteiger partial charge on any atom is 0.319 e. The van der Waals surface area contributed by atoms with Crippen molar-refractivity contribution in [1.82, 2.24) is 29.5 Å². The molecule has 3 aliphatic heterocycles. The van der Waals surface area contributed by atoms with E-state index in [4.69, 9.17) is 9.72 Å². The van der Waals surface area contributed by atoms with E-state index < -0.39 is 12.0 Å². The van der Waals surface area contributed by atoms with Gasteiger partial charge in [0.05, 0.1) is 22.3 Å². The largest absolute Gasteiger partial charge is 0.461 e. The number of aromatic nitrogens is 4. The van der Waals surface area contributed by atoms with Gasteiger partial charge in [0.25, 0.3) is 5.91 Å². The highest BCUT2D eigenvalue weighted by Gasteiger charge is 2.49. The number of ether oxygens (including phenoxy) is 1. The Morgan fingerprint density at radius 3 is 2.85 bits per heavy atom. The number of hydrogen-bond acceptors (Lipinski definition) is 7. The molecule has 0 bridgehead atoms. The van der Waals surface area contributed by atoms with Gasteiger partial charge in [-0.2, -0.15) is 15.1 Å². The smallest absolute Gasteiger partial charge is 0.319 e. The third-order valence-corrected chi connectivity index (χ3v) is 9.16. The van der Waals surface area contributed by atoms with Crippen molar-refractivity contribution in [3.63, 3.8) is 0 Å².